The number of rotatable bonds is 7. The monoisotopic (exact) mass is 353 g/mol. The molecule has 0 aliphatic carbocycles. The van der Waals surface area contributed by atoms with Crippen LogP contribution in [0.1, 0.15) is 22.8 Å². The average Bonchev–Trinajstić information content (AvgIpc) is 2.66. The predicted octanol–water partition coefficient (Wildman–Crippen LogP) is 2.61. The summed E-state index contributed by atoms with van der Waals surface area (Å²) in [5, 5.41) is 2.43. The zero-order chi connectivity index (χ0) is 18.8. The van der Waals surface area contributed by atoms with Gasteiger partial charge in [-0.25, -0.2) is 9.59 Å². The van der Waals surface area contributed by atoms with E-state index in [1.807, 2.05) is 18.2 Å². The second kappa shape index (κ2) is 9.78. The Kier molecular flexibility index (Phi) is 7.12. The molecule has 2 rings (SSSR count). The molecule has 0 radical (unpaired) electrons. The molecular weight excluding hydrogens is 334 g/mol. The van der Waals surface area contributed by atoms with Gasteiger partial charge in [0.1, 0.15) is 6.26 Å². The molecule has 0 saturated carbocycles. The van der Waals surface area contributed by atoms with E-state index in [1.165, 1.54) is 0 Å². The summed E-state index contributed by atoms with van der Waals surface area (Å²) in [6.07, 6.45) is 0.973. The van der Waals surface area contributed by atoms with Crippen LogP contribution in [0.4, 0.5) is 0 Å². The van der Waals surface area contributed by atoms with Crippen molar-refractivity contribution in [2.75, 3.05) is 6.61 Å². The fourth-order valence-corrected chi connectivity index (χ4v) is 2.07. The van der Waals surface area contributed by atoms with Crippen molar-refractivity contribution >= 4 is 17.8 Å². The molecule has 26 heavy (non-hydrogen) atoms. The third-order valence-corrected chi connectivity index (χ3v) is 3.27. The van der Waals surface area contributed by atoms with Crippen LogP contribution < -0.4 is 5.32 Å². The Balaban J connectivity index is 2.06. The second-order valence-corrected chi connectivity index (χ2v) is 5.23. The normalized spacial score (nSPS) is 10.7. The Bertz CT molecular complexity index is 784. The van der Waals surface area contributed by atoms with Gasteiger partial charge in [-0.3, -0.25) is 4.79 Å². The SMILES string of the molecule is CCOC(=O)/C(=C\OC(=O)c1ccccc1)NC(=O)Cc1ccccc1. The average molecular weight is 353 g/mol. The number of benzene rings is 2. The topological polar surface area (TPSA) is 81.7 Å². The van der Waals surface area contributed by atoms with Gasteiger partial charge in [0.25, 0.3) is 0 Å². The van der Waals surface area contributed by atoms with Gasteiger partial charge in [-0.05, 0) is 24.6 Å². The van der Waals surface area contributed by atoms with Crippen LogP contribution >= 0.6 is 0 Å². The van der Waals surface area contributed by atoms with E-state index in [-0.39, 0.29) is 18.7 Å². The van der Waals surface area contributed by atoms with Crippen molar-refractivity contribution in [3.63, 3.8) is 0 Å². The van der Waals surface area contributed by atoms with Crippen LogP contribution in [-0.4, -0.2) is 24.5 Å². The molecular formula is C20H19NO5. The molecule has 0 heterocycles. The van der Waals surface area contributed by atoms with Gasteiger partial charge in [0.05, 0.1) is 18.6 Å². The van der Waals surface area contributed by atoms with Gasteiger partial charge >= 0.3 is 11.9 Å². The maximum atomic E-state index is 12.1. The summed E-state index contributed by atoms with van der Waals surface area (Å²) in [4.78, 5) is 36.1. The van der Waals surface area contributed by atoms with E-state index in [4.69, 9.17) is 9.47 Å². The van der Waals surface area contributed by atoms with Crippen molar-refractivity contribution in [2.45, 2.75) is 13.3 Å². The first kappa shape index (κ1) is 18.9. The first-order chi connectivity index (χ1) is 12.6. The first-order valence-corrected chi connectivity index (χ1v) is 8.07. The minimum absolute atomic E-state index is 0.0736. The lowest BCUT2D eigenvalue weighted by Gasteiger charge is -2.09. The Labute approximate surface area is 151 Å². The molecule has 0 spiro atoms. The third kappa shape index (κ3) is 5.90. The van der Waals surface area contributed by atoms with Crippen LogP contribution in [0.5, 0.6) is 0 Å². The van der Waals surface area contributed by atoms with Crippen molar-refractivity contribution < 1.29 is 23.9 Å². The highest BCUT2D eigenvalue weighted by atomic mass is 16.5. The molecule has 0 aliphatic rings. The predicted molar refractivity (Wildman–Crippen MR) is 94.9 cm³/mol. The highest BCUT2D eigenvalue weighted by molar-refractivity contribution is 5.95. The molecule has 1 N–H and O–H groups in total. The largest absolute Gasteiger partial charge is 0.461 e. The minimum atomic E-state index is -0.783. The first-order valence-electron chi connectivity index (χ1n) is 8.07. The van der Waals surface area contributed by atoms with Crippen LogP contribution in [0.15, 0.2) is 72.6 Å². The Morgan fingerprint density at radius 1 is 0.962 bits per heavy atom. The summed E-state index contributed by atoms with van der Waals surface area (Å²) >= 11 is 0. The Morgan fingerprint density at radius 2 is 1.58 bits per heavy atom. The Hall–Kier alpha value is -3.41. The lowest BCUT2D eigenvalue weighted by Crippen LogP contribution is -2.30. The second-order valence-electron chi connectivity index (χ2n) is 5.23. The fourth-order valence-electron chi connectivity index (χ4n) is 2.07. The number of ether oxygens (including phenoxy) is 2. The quantitative estimate of drug-likeness (QED) is 0.470. The lowest BCUT2D eigenvalue weighted by atomic mass is 10.1. The maximum Gasteiger partial charge on any atom is 0.358 e. The molecule has 0 bridgehead atoms. The van der Waals surface area contributed by atoms with Crippen molar-refractivity contribution in [2.24, 2.45) is 0 Å². The van der Waals surface area contributed by atoms with E-state index < -0.39 is 17.8 Å². The van der Waals surface area contributed by atoms with Gasteiger partial charge < -0.3 is 14.8 Å². The number of carbonyl (C=O) groups is 3. The summed E-state index contributed by atoms with van der Waals surface area (Å²) in [5.74, 6) is -1.86. The van der Waals surface area contributed by atoms with Crippen LogP contribution in [0, 0.1) is 0 Å². The molecule has 0 fully saturated rings. The molecule has 0 aliphatic heterocycles. The molecule has 0 atom stereocenters. The molecule has 2 aromatic rings. The van der Waals surface area contributed by atoms with Gasteiger partial charge in [0.15, 0.2) is 5.70 Å². The van der Waals surface area contributed by atoms with Crippen LogP contribution in [-0.2, 0) is 25.5 Å². The van der Waals surface area contributed by atoms with Crippen LogP contribution in [0.25, 0.3) is 0 Å². The van der Waals surface area contributed by atoms with E-state index in [0.717, 1.165) is 11.8 Å². The molecule has 134 valence electrons. The molecule has 6 heteroatoms. The summed E-state index contributed by atoms with van der Waals surface area (Å²) in [7, 11) is 0. The molecule has 0 unspecified atom stereocenters. The van der Waals surface area contributed by atoms with Crippen molar-refractivity contribution in [3.8, 4) is 0 Å². The fraction of sp³-hybridized carbons (Fsp3) is 0.150. The number of esters is 2. The number of hydrogen-bond donors (Lipinski definition) is 1. The summed E-state index contributed by atoms with van der Waals surface area (Å²) in [6, 6.07) is 17.4. The number of hydrogen-bond acceptors (Lipinski definition) is 5. The standard InChI is InChI=1S/C20H19NO5/c1-2-25-20(24)17(14-26-19(23)16-11-7-4-8-12-16)21-18(22)13-15-9-5-3-6-10-15/h3-12,14H,2,13H2,1H3,(H,21,22)/b17-14+. The third-order valence-electron chi connectivity index (χ3n) is 3.27. The van der Waals surface area contributed by atoms with E-state index in [2.05, 4.69) is 5.32 Å². The van der Waals surface area contributed by atoms with Gasteiger partial charge in [-0.2, -0.15) is 0 Å². The van der Waals surface area contributed by atoms with E-state index >= 15 is 0 Å². The zero-order valence-electron chi connectivity index (χ0n) is 14.3. The summed E-state index contributed by atoms with van der Waals surface area (Å²) in [6.45, 7) is 1.76. The summed E-state index contributed by atoms with van der Waals surface area (Å²) in [5.41, 5.74) is 0.870. The minimum Gasteiger partial charge on any atom is -0.461 e. The van der Waals surface area contributed by atoms with Crippen LogP contribution in [0.3, 0.4) is 0 Å². The van der Waals surface area contributed by atoms with E-state index in [0.29, 0.717) is 5.56 Å². The number of carbonyl (C=O) groups excluding carboxylic acids is 3. The number of amides is 1. The van der Waals surface area contributed by atoms with E-state index in [1.54, 1.807) is 49.4 Å². The molecule has 2 aromatic carbocycles. The van der Waals surface area contributed by atoms with Gasteiger partial charge in [0, 0.05) is 0 Å². The molecule has 0 aromatic heterocycles. The van der Waals surface area contributed by atoms with Crippen molar-refractivity contribution in [1.82, 2.24) is 5.32 Å². The summed E-state index contributed by atoms with van der Waals surface area (Å²) < 4.78 is 9.87. The van der Waals surface area contributed by atoms with Crippen molar-refractivity contribution in [3.05, 3.63) is 83.7 Å². The van der Waals surface area contributed by atoms with E-state index in [9.17, 15) is 14.4 Å². The molecule has 6 nitrogen and oxygen atoms in total. The lowest BCUT2D eigenvalue weighted by molar-refractivity contribution is -0.140. The smallest absolute Gasteiger partial charge is 0.358 e. The van der Waals surface area contributed by atoms with Crippen LogP contribution in [0.2, 0.25) is 0 Å². The van der Waals surface area contributed by atoms with Gasteiger partial charge in [-0.1, -0.05) is 48.5 Å². The zero-order valence-corrected chi connectivity index (χ0v) is 14.3. The highest BCUT2D eigenvalue weighted by Crippen LogP contribution is 2.05. The maximum absolute atomic E-state index is 12.1. The van der Waals surface area contributed by atoms with Crippen molar-refractivity contribution in [1.29, 1.82) is 0 Å². The number of nitrogens with one attached hydrogen (secondary N) is 1. The molecule has 0 saturated heterocycles. The molecule has 1 amide bonds. The van der Waals surface area contributed by atoms with Gasteiger partial charge in [-0.15, -0.1) is 0 Å². The van der Waals surface area contributed by atoms with Gasteiger partial charge in [0.2, 0.25) is 5.91 Å². The Morgan fingerprint density at radius 3 is 2.19 bits per heavy atom. The highest BCUT2D eigenvalue weighted by Gasteiger charge is 2.16.